The van der Waals surface area contributed by atoms with Crippen LogP contribution in [0.5, 0.6) is 0 Å². The number of benzene rings is 1. The minimum Gasteiger partial charge on any atom is -0.409 e. The lowest BCUT2D eigenvalue weighted by Crippen LogP contribution is -2.40. The van der Waals surface area contributed by atoms with Crippen LogP contribution >= 0.6 is 0 Å². The Hall–Kier alpha value is -1.85. The summed E-state index contributed by atoms with van der Waals surface area (Å²) in [5, 5.41) is 11.3. The molecule has 1 aromatic carbocycles. The van der Waals surface area contributed by atoms with Crippen molar-refractivity contribution in [1.29, 1.82) is 0 Å². The van der Waals surface area contributed by atoms with E-state index in [1.165, 1.54) is 0 Å². The van der Waals surface area contributed by atoms with Crippen molar-refractivity contribution < 1.29 is 14.0 Å². The van der Waals surface area contributed by atoms with Crippen molar-refractivity contribution in [1.82, 2.24) is 0 Å². The van der Waals surface area contributed by atoms with E-state index in [2.05, 4.69) is 5.16 Å². The van der Waals surface area contributed by atoms with E-state index in [0.717, 1.165) is 37.8 Å². The van der Waals surface area contributed by atoms with Gasteiger partial charge in [0.1, 0.15) is 17.3 Å². The van der Waals surface area contributed by atoms with Gasteiger partial charge in [0.2, 0.25) is 0 Å². The predicted octanol–water partition coefficient (Wildman–Crippen LogP) is 2.83. The zero-order valence-electron chi connectivity index (χ0n) is 11.4. The standard InChI is InChI=1S/C14H19F2N3O/c1-2-10-5-3-4-6-19(10)13-11(15)7-9(8-12(13)16)14(17)18-20/h7-8,10,20H,2-6H2,1H3,(H2,17,18). The van der Waals surface area contributed by atoms with E-state index in [0.29, 0.717) is 6.54 Å². The van der Waals surface area contributed by atoms with Crippen LogP contribution < -0.4 is 10.6 Å². The van der Waals surface area contributed by atoms with E-state index in [1.54, 1.807) is 4.90 Å². The summed E-state index contributed by atoms with van der Waals surface area (Å²) in [5.74, 6) is -1.65. The number of oxime groups is 1. The van der Waals surface area contributed by atoms with Crippen LogP contribution in [0.4, 0.5) is 14.5 Å². The molecule has 0 radical (unpaired) electrons. The molecular formula is C14H19F2N3O. The molecule has 0 amide bonds. The smallest absolute Gasteiger partial charge is 0.170 e. The third-order valence-electron chi connectivity index (χ3n) is 3.81. The first-order valence-corrected chi connectivity index (χ1v) is 6.82. The Morgan fingerprint density at radius 2 is 2.05 bits per heavy atom. The number of nitrogens with two attached hydrogens (primary N) is 1. The number of anilines is 1. The summed E-state index contributed by atoms with van der Waals surface area (Å²) in [6, 6.07) is 2.37. The lowest BCUT2D eigenvalue weighted by atomic mass is 9.98. The van der Waals surface area contributed by atoms with Gasteiger partial charge in [-0.15, -0.1) is 0 Å². The Kier molecular flexibility index (Phi) is 4.42. The molecule has 0 bridgehead atoms. The average Bonchev–Trinajstić information content (AvgIpc) is 2.46. The molecule has 110 valence electrons. The van der Waals surface area contributed by atoms with Crippen molar-refractivity contribution in [3.8, 4) is 0 Å². The first kappa shape index (κ1) is 14.6. The number of halogens is 2. The Balaban J connectivity index is 2.41. The summed E-state index contributed by atoms with van der Waals surface area (Å²) in [6.45, 7) is 2.67. The summed E-state index contributed by atoms with van der Waals surface area (Å²) < 4.78 is 28.5. The molecule has 20 heavy (non-hydrogen) atoms. The highest BCUT2D eigenvalue weighted by atomic mass is 19.1. The van der Waals surface area contributed by atoms with Gasteiger partial charge < -0.3 is 15.8 Å². The second-order valence-corrected chi connectivity index (χ2v) is 5.02. The molecule has 1 heterocycles. The highest BCUT2D eigenvalue weighted by molar-refractivity contribution is 5.97. The number of amidine groups is 1. The number of hydrogen-bond acceptors (Lipinski definition) is 3. The van der Waals surface area contributed by atoms with Gasteiger partial charge in [-0.2, -0.15) is 0 Å². The number of piperidine rings is 1. The van der Waals surface area contributed by atoms with Crippen LogP contribution in [0.3, 0.4) is 0 Å². The van der Waals surface area contributed by atoms with Crippen LogP contribution in [-0.2, 0) is 0 Å². The van der Waals surface area contributed by atoms with Crippen molar-refractivity contribution in [3.63, 3.8) is 0 Å². The van der Waals surface area contributed by atoms with Gasteiger partial charge >= 0.3 is 0 Å². The summed E-state index contributed by atoms with van der Waals surface area (Å²) in [4.78, 5) is 1.80. The highest BCUT2D eigenvalue weighted by Gasteiger charge is 2.26. The Morgan fingerprint density at radius 3 is 2.60 bits per heavy atom. The average molecular weight is 283 g/mol. The van der Waals surface area contributed by atoms with E-state index in [9.17, 15) is 8.78 Å². The molecule has 3 N–H and O–H groups in total. The van der Waals surface area contributed by atoms with E-state index >= 15 is 0 Å². The van der Waals surface area contributed by atoms with E-state index < -0.39 is 11.6 Å². The van der Waals surface area contributed by atoms with Gasteiger partial charge in [0.05, 0.1) is 0 Å². The number of nitrogens with zero attached hydrogens (tertiary/aromatic N) is 2. The molecule has 4 nitrogen and oxygen atoms in total. The van der Waals surface area contributed by atoms with Crippen LogP contribution in [0.25, 0.3) is 0 Å². The van der Waals surface area contributed by atoms with Crippen molar-refractivity contribution in [3.05, 3.63) is 29.3 Å². The quantitative estimate of drug-likeness (QED) is 0.388. The first-order valence-electron chi connectivity index (χ1n) is 6.82. The lowest BCUT2D eigenvalue weighted by Gasteiger charge is -2.37. The molecule has 1 fully saturated rings. The fraction of sp³-hybridized carbons (Fsp3) is 0.500. The van der Waals surface area contributed by atoms with Crippen molar-refractivity contribution in [2.45, 2.75) is 38.6 Å². The molecule has 2 rings (SSSR count). The van der Waals surface area contributed by atoms with Crippen LogP contribution in [0.15, 0.2) is 17.3 Å². The van der Waals surface area contributed by atoms with Crippen LogP contribution in [0, 0.1) is 11.6 Å². The highest BCUT2D eigenvalue weighted by Crippen LogP contribution is 2.31. The predicted molar refractivity (Wildman–Crippen MR) is 74.1 cm³/mol. The van der Waals surface area contributed by atoms with Gasteiger partial charge in [-0.05, 0) is 37.8 Å². The Morgan fingerprint density at radius 1 is 1.40 bits per heavy atom. The van der Waals surface area contributed by atoms with Gasteiger partial charge in [-0.3, -0.25) is 0 Å². The van der Waals surface area contributed by atoms with E-state index in [4.69, 9.17) is 10.9 Å². The molecule has 0 aromatic heterocycles. The molecule has 0 aliphatic carbocycles. The summed E-state index contributed by atoms with van der Waals surface area (Å²) in [7, 11) is 0. The summed E-state index contributed by atoms with van der Waals surface area (Å²) in [5.41, 5.74) is 5.40. The van der Waals surface area contributed by atoms with Crippen molar-refractivity contribution >= 4 is 11.5 Å². The molecule has 1 saturated heterocycles. The molecule has 1 aliphatic heterocycles. The fourth-order valence-electron chi connectivity index (χ4n) is 2.76. The fourth-order valence-corrected chi connectivity index (χ4v) is 2.76. The maximum absolute atomic E-state index is 14.2. The maximum atomic E-state index is 14.2. The molecule has 1 aliphatic rings. The third-order valence-corrected chi connectivity index (χ3v) is 3.81. The van der Waals surface area contributed by atoms with Crippen molar-refractivity contribution in [2.75, 3.05) is 11.4 Å². The van der Waals surface area contributed by atoms with Gasteiger partial charge in [0, 0.05) is 18.2 Å². The van der Waals surface area contributed by atoms with E-state index in [-0.39, 0.29) is 23.1 Å². The normalized spacial score (nSPS) is 20.2. The van der Waals surface area contributed by atoms with Crippen molar-refractivity contribution in [2.24, 2.45) is 10.9 Å². The SMILES string of the molecule is CCC1CCCCN1c1c(F)cc(C(N)=NO)cc1F. The maximum Gasteiger partial charge on any atom is 0.170 e. The second kappa shape index (κ2) is 6.07. The molecule has 0 saturated carbocycles. The van der Waals surface area contributed by atoms with Crippen LogP contribution in [0.1, 0.15) is 38.2 Å². The minimum atomic E-state index is -0.674. The molecule has 6 heteroatoms. The number of hydrogen-bond donors (Lipinski definition) is 2. The molecule has 0 spiro atoms. The summed E-state index contributed by atoms with van der Waals surface area (Å²) in [6.07, 6.45) is 3.80. The zero-order valence-corrected chi connectivity index (χ0v) is 11.4. The third kappa shape index (κ3) is 2.69. The summed E-state index contributed by atoms with van der Waals surface area (Å²) >= 11 is 0. The topological polar surface area (TPSA) is 61.8 Å². The molecule has 1 atom stereocenters. The zero-order chi connectivity index (χ0) is 14.7. The lowest BCUT2D eigenvalue weighted by molar-refractivity contribution is 0.318. The van der Waals surface area contributed by atoms with Gasteiger partial charge in [0.25, 0.3) is 0 Å². The number of rotatable bonds is 3. The Labute approximate surface area is 116 Å². The minimum absolute atomic E-state index is 0.00830. The van der Waals surface area contributed by atoms with Gasteiger partial charge in [0.15, 0.2) is 5.84 Å². The monoisotopic (exact) mass is 283 g/mol. The van der Waals surface area contributed by atoms with Crippen LogP contribution in [0.2, 0.25) is 0 Å². The molecule has 1 aromatic rings. The second-order valence-electron chi connectivity index (χ2n) is 5.02. The van der Waals surface area contributed by atoms with E-state index in [1.807, 2.05) is 6.92 Å². The Bertz CT molecular complexity index is 496. The molecular weight excluding hydrogens is 264 g/mol. The first-order chi connectivity index (χ1) is 9.58. The largest absolute Gasteiger partial charge is 0.409 e. The van der Waals surface area contributed by atoms with Gasteiger partial charge in [-0.1, -0.05) is 12.1 Å². The molecule has 1 unspecified atom stereocenters. The van der Waals surface area contributed by atoms with Crippen LogP contribution in [-0.4, -0.2) is 23.6 Å². The van der Waals surface area contributed by atoms with Gasteiger partial charge in [-0.25, -0.2) is 8.78 Å².